The molecule has 0 aliphatic rings. The van der Waals surface area contributed by atoms with Gasteiger partial charge in [-0.15, -0.1) is 10.2 Å². The van der Waals surface area contributed by atoms with E-state index in [1.54, 1.807) is 18.1 Å². The zero-order valence-electron chi connectivity index (χ0n) is 9.21. The first-order valence-electron chi connectivity index (χ1n) is 5.30. The highest BCUT2D eigenvalue weighted by molar-refractivity contribution is 7.99. The van der Waals surface area contributed by atoms with Gasteiger partial charge in [-0.05, 0) is 17.9 Å². The van der Waals surface area contributed by atoms with Gasteiger partial charge in [0.15, 0.2) is 5.16 Å². The molecule has 0 fully saturated rings. The average molecular weight is 234 g/mol. The zero-order valence-corrected chi connectivity index (χ0v) is 10.0. The largest absolute Gasteiger partial charge is 0.308 e. The molecular formula is C11H14N4S. The summed E-state index contributed by atoms with van der Waals surface area (Å²) in [5, 5.41) is 8.98. The van der Waals surface area contributed by atoms with Crippen LogP contribution in [0.1, 0.15) is 12.6 Å². The van der Waals surface area contributed by atoms with Crippen LogP contribution in [-0.4, -0.2) is 25.5 Å². The number of nitrogens with zero attached hydrogens (tertiary/aromatic N) is 4. The Morgan fingerprint density at radius 2 is 2.31 bits per heavy atom. The van der Waals surface area contributed by atoms with Gasteiger partial charge in [-0.3, -0.25) is 4.98 Å². The monoisotopic (exact) mass is 234 g/mol. The second kappa shape index (κ2) is 5.65. The van der Waals surface area contributed by atoms with E-state index in [4.69, 9.17) is 0 Å². The second-order valence-electron chi connectivity index (χ2n) is 3.31. The van der Waals surface area contributed by atoms with E-state index in [2.05, 4.69) is 26.7 Å². The SMILES string of the molecule is CCSc1nncn1CCc1ccccn1. The van der Waals surface area contributed by atoms with Crippen molar-refractivity contribution >= 4 is 11.8 Å². The smallest absolute Gasteiger partial charge is 0.190 e. The zero-order chi connectivity index (χ0) is 11.2. The van der Waals surface area contributed by atoms with Crippen molar-refractivity contribution < 1.29 is 0 Å². The van der Waals surface area contributed by atoms with E-state index in [0.29, 0.717) is 0 Å². The Labute approximate surface area is 99.1 Å². The van der Waals surface area contributed by atoms with Gasteiger partial charge in [0.1, 0.15) is 6.33 Å². The standard InChI is InChI=1S/C11H14N4S/c1-2-16-11-14-13-9-15(11)8-6-10-5-3-4-7-12-10/h3-5,7,9H,2,6,8H2,1H3. The van der Waals surface area contributed by atoms with Gasteiger partial charge in [0.25, 0.3) is 0 Å². The summed E-state index contributed by atoms with van der Waals surface area (Å²) in [4.78, 5) is 4.29. The maximum atomic E-state index is 4.29. The van der Waals surface area contributed by atoms with E-state index in [1.807, 2.05) is 24.4 Å². The van der Waals surface area contributed by atoms with Crippen molar-refractivity contribution in [3.8, 4) is 0 Å². The fourth-order valence-electron chi connectivity index (χ4n) is 1.42. The number of hydrogen-bond acceptors (Lipinski definition) is 4. The van der Waals surface area contributed by atoms with Crippen LogP contribution in [-0.2, 0) is 13.0 Å². The summed E-state index contributed by atoms with van der Waals surface area (Å²) in [6.07, 6.45) is 4.51. The quantitative estimate of drug-likeness (QED) is 0.742. The predicted octanol–water partition coefficient (Wildman–Crippen LogP) is 2.03. The number of pyridine rings is 1. The van der Waals surface area contributed by atoms with Crippen LogP contribution >= 0.6 is 11.8 Å². The maximum Gasteiger partial charge on any atom is 0.190 e. The Hall–Kier alpha value is -1.36. The first-order valence-corrected chi connectivity index (χ1v) is 6.29. The highest BCUT2D eigenvalue weighted by Crippen LogP contribution is 2.14. The van der Waals surface area contributed by atoms with Crippen LogP contribution in [0.15, 0.2) is 35.9 Å². The minimum Gasteiger partial charge on any atom is -0.308 e. The van der Waals surface area contributed by atoms with Crippen LogP contribution in [0.4, 0.5) is 0 Å². The molecular weight excluding hydrogens is 220 g/mol. The predicted molar refractivity (Wildman–Crippen MR) is 64.4 cm³/mol. The van der Waals surface area contributed by atoms with Gasteiger partial charge in [-0.1, -0.05) is 24.8 Å². The number of aromatic nitrogens is 4. The molecule has 0 radical (unpaired) electrons. The lowest BCUT2D eigenvalue weighted by Gasteiger charge is -2.04. The van der Waals surface area contributed by atoms with Crippen LogP contribution in [0.5, 0.6) is 0 Å². The molecule has 0 spiro atoms. The van der Waals surface area contributed by atoms with Crippen LogP contribution in [0.3, 0.4) is 0 Å². The molecule has 2 heterocycles. The Balaban J connectivity index is 1.97. The van der Waals surface area contributed by atoms with Crippen molar-refractivity contribution in [1.82, 2.24) is 19.7 Å². The van der Waals surface area contributed by atoms with Crippen molar-refractivity contribution in [3.05, 3.63) is 36.4 Å². The van der Waals surface area contributed by atoms with Gasteiger partial charge in [0, 0.05) is 24.9 Å². The van der Waals surface area contributed by atoms with Crippen LogP contribution in [0, 0.1) is 0 Å². The van der Waals surface area contributed by atoms with Crippen molar-refractivity contribution in [3.63, 3.8) is 0 Å². The van der Waals surface area contributed by atoms with Crippen molar-refractivity contribution in [2.45, 2.75) is 25.0 Å². The molecule has 0 N–H and O–H groups in total. The Morgan fingerprint density at radius 3 is 3.06 bits per heavy atom. The van der Waals surface area contributed by atoms with Gasteiger partial charge in [-0.2, -0.15) is 0 Å². The Kier molecular flexibility index (Phi) is 3.93. The van der Waals surface area contributed by atoms with Gasteiger partial charge >= 0.3 is 0 Å². The molecule has 2 rings (SSSR count). The van der Waals surface area contributed by atoms with E-state index in [0.717, 1.165) is 29.6 Å². The van der Waals surface area contributed by atoms with Crippen LogP contribution in [0.25, 0.3) is 0 Å². The van der Waals surface area contributed by atoms with E-state index in [-0.39, 0.29) is 0 Å². The van der Waals surface area contributed by atoms with Gasteiger partial charge < -0.3 is 4.57 Å². The molecule has 0 bridgehead atoms. The Morgan fingerprint density at radius 1 is 1.38 bits per heavy atom. The third-order valence-electron chi connectivity index (χ3n) is 2.19. The van der Waals surface area contributed by atoms with E-state index in [9.17, 15) is 0 Å². The summed E-state index contributed by atoms with van der Waals surface area (Å²) in [5.41, 5.74) is 1.10. The highest BCUT2D eigenvalue weighted by atomic mass is 32.2. The average Bonchev–Trinajstić information content (AvgIpc) is 2.76. The third kappa shape index (κ3) is 2.82. The van der Waals surface area contributed by atoms with Gasteiger partial charge in [-0.25, -0.2) is 0 Å². The molecule has 0 aromatic carbocycles. The maximum absolute atomic E-state index is 4.29. The Bertz CT molecular complexity index is 427. The summed E-state index contributed by atoms with van der Waals surface area (Å²) >= 11 is 1.71. The highest BCUT2D eigenvalue weighted by Gasteiger charge is 2.03. The van der Waals surface area contributed by atoms with Gasteiger partial charge in [0.05, 0.1) is 0 Å². The lowest BCUT2D eigenvalue weighted by molar-refractivity contribution is 0.626. The van der Waals surface area contributed by atoms with E-state index in [1.165, 1.54) is 0 Å². The molecule has 4 nitrogen and oxygen atoms in total. The molecule has 0 atom stereocenters. The first-order chi connectivity index (χ1) is 7.90. The summed E-state index contributed by atoms with van der Waals surface area (Å²) < 4.78 is 2.07. The molecule has 16 heavy (non-hydrogen) atoms. The number of thioether (sulfide) groups is 1. The van der Waals surface area contributed by atoms with Crippen molar-refractivity contribution in [1.29, 1.82) is 0 Å². The lowest BCUT2D eigenvalue weighted by Crippen LogP contribution is -2.03. The minimum absolute atomic E-state index is 0.881. The minimum atomic E-state index is 0.881. The van der Waals surface area contributed by atoms with Crippen molar-refractivity contribution in [2.75, 3.05) is 5.75 Å². The molecule has 0 aliphatic carbocycles. The van der Waals surface area contributed by atoms with E-state index < -0.39 is 0 Å². The molecule has 5 heteroatoms. The second-order valence-corrected chi connectivity index (χ2v) is 4.54. The van der Waals surface area contributed by atoms with Crippen LogP contribution in [0.2, 0.25) is 0 Å². The molecule has 0 unspecified atom stereocenters. The fourth-order valence-corrected chi connectivity index (χ4v) is 2.09. The van der Waals surface area contributed by atoms with E-state index >= 15 is 0 Å². The molecule has 0 saturated carbocycles. The lowest BCUT2D eigenvalue weighted by atomic mass is 10.3. The summed E-state index contributed by atoms with van der Waals surface area (Å²) in [6.45, 7) is 2.99. The molecule has 84 valence electrons. The molecule has 0 amide bonds. The summed E-state index contributed by atoms with van der Waals surface area (Å²) in [5.74, 6) is 1.02. The number of rotatable bonds is 5. The summed E-state index contributed by atoms with van der Waals surface area (Å²) in [7, 11) is 0. The third-order valence-corrected chi connectivity index (χ3v) is 3.05. The first kappa shape index (κ1) is 11.1. The fraction of sp³-hybridized carbons (Fsp3) is 0.364. The number of aryl methyl sites for hydroxylation is 2. The molecule has 0 saturated heterocycles. The molecule has 0 aliphatic heterocycles. The summed E-state index contributed by atoms with van der Waals surface area (Å²) in [6, 6.07) is 5.98. The molecule has 2 aromatic heterocycles. The van der Waals surface area contributed by atoms with Crippen LogP contribution < -0.4 is 0 Å². The normalized spacial score (nSPS) is 10.6. The number of hydrogen-bond donors (Lipinski definition) is 0. The topological polar surface area (TPSA) is 43.6 Å². The molecule has 2 aromatic rings. The van der Waals surface area contributed by atoms with Crippen molar-refractivity contribution in [2.24, 2.45) is 0 Å². The van der Waals surface area contributed by atoms with Gasteiger partial charge in [0.2, 0.25) is 0 Å².